The van der Waals surface area contributed by atoms with Crippen LogP contribution in [0.2, 0.25) is 0 Å². The minimum atomic E-state index is -0.369. The molecule has 2 atom stereocenters. The van der Waals surface area contributed by atoms with Gasteiger partial charge in [-0.1, -0.05) is 20.8 Å². The van der Waals surface area contributed by atoms with E-state index in [1.165, 1.54) is 12.8 Å². The van der Waals surface area contributed by atoms with Gasteiger partial charge in [0, 0.05) is 25.0 Å². The maximum absolute atomic E-state index is 12.4. The van der Waals surface area contributed by atoms with Gasteiger partial charge in [0.1, 0.15) is 0 Å². The molecule has 0 aromatic heterocycles. The van der Waals surface area contributed by atoms with E-state index in [0.29, 0.717) is 12.5 Å². The summed E-state index contributed by atoms with van der Waals surface area (Å²) in [6, 6.07) is 0. The van der Waals surface area contributed by atoms with E-state index in [4.69, 9.17) is 0 Å². The molecular weight excluding hydrogens is 314 g/mol. The van der Waals surface area contributed by atoms with E-state index in [0.717, 1.165) is 39.0 Å². The fourth-order valence-electron chi connectivity index (χ4n) is 3.34. The first-order valence-electron chi connectivity index (χ1n) is 8.65. The smallest absolute Gasteiger partial charge is 0.227 e. The summed E-state index contributed by atoms with van der Waals surface area (Å²) >= 11 is 0. The molecule has 2 aliphatic rings. The lowest BCUT2D eigenvalue weighted by Crippen LogP contribution is -2.49. The van der Waals surface area contributed by atoms with Gasteiger partial charge in [0.25, 0.3) is 0 Å². The van der Waals surface area contributed by atoms with Crippen molar-refractivity contribution < 1.29 is 9.59 Å². The highest BCUT2D eigenvalue weighted by Gasteiger charge is 2.33. The SMILES string of the molecule is CC(C)(C)C(=O)N1CCCC(C(=O)NCC2CCCNC2)C1.Cl. The minimum Gasteiger partial charge on any atom is -0.355 e. The van der Waals surface area contributed by atoms with E-state index in [1.807, 2.05) is 25.7 Å². The van der Waals surface area contributed by atoms with Crippen LogP contribution in [-0.4, -0.2) is 49.4 Å². The highest BCUT2D eigenvalue weighted by atomic mass is 35.5. The summed E-state index contributed by atoms with van der Waals surface area (Å²) in [7, 11) is 0. The minimum absolute atomic E-state index is 0. The van der Waals surface area contributed by atoms with Crippen LogP contribution in [0.15, 0.2) is 0 Å². The molecule has 2 rings (SSSR count). The quantitative estimate of drug-likeness (QED) is 0.820. The van der Waals surface area contributed by atoms with Crippen LogP contribution >= 0.6 is 12.4 Å². The predicted octanol–water partition coefficient (Wildman–Crippen LogP) is 1.81. The van der Waals surface area contributed by atoms with Gasteiger partial charge in [0.2, 0.25) is 11.8 Å². The van der Waals surface area contributed by atoms with Gasteiger partial charge in [-0.25, -0.2) is 0 Å². The third kappa shape index (κ3) is 5.96. The van der Waals surface area contributed by atoms with Gasteiger partial charge in [0.15, 0.2) is 0 Å². The standard InChI is InChI=1S/C17H31N3O2.ClH/c1-17(2,3)16(22)20-9-5-7-14(12-20)15(21)19-11-13-6-4-8-18-10-13;/h13-14,18H,4-12H2,1-3H3,(H,19,21);1H. The molecule has 0 saturated carbocycles. The summed E-state index contributed by atoms with van der Waals surface area (Å²) in [5.74, 6) is 0.781. The number of amides is 2. The number of nitrogens with one attached hydrogen (secondary N) is 2. The molecule has 5 nitrogen and oxygen atoms in total. The zero-order valence-corrected chi connectivity index (χ0v) is 15.5. The number of rotatable bonds is 3. The molecule has 134 valence electrons. The Morgan fingerprint density at radius 1 is 1.22 bits per heavy atom. The summed E-state index contributed by atoms with van der Waals surface area (Å²) in [4.78, 5) is 26.6. The average Bonchev–Trinajstić information content (AvgIpc) is 2.52. The van der Waals surface area contributed by atoms with Crippen LogP contribution in [0.3, 0.4) is 0 Å². The molecule has 0 aromatic carbocycles. The number of likely N-dealkylation sites (tertiary alicyclic amines) is 1. The van der Waals surface area contributed by atoms with Crippen LogP contribution < -0.4 is 10.6 Å². The van der Waals surface area contributed by atoms with Crippen LogP contribution in [0.25, 0.3) is 0 Å². The third-order valence-corrected chi connectivity index (χ3v) is 4.68. The molecule has 23 heavy (non-hydrogen) atoms. The van der Waals surface area contributed by atoms with Gasteiger partial charge in [-0.2, -0.15) is 0 Å². The van der Waals surface area contributed by atoms with Crippen molar-refractivity contribution >= 4 is 24.2 Å². The third-order valence-electron chi connectivity index (χ3n) is 4.68. The van der Waals surface area contributed by atoms with Crippen molar-refractivity contribution in [2.45, 2.75) is 46.5 Å². The van der Waals surface area contributed by atoms with Gasteiger partial charge in [-0.3, -0.25) is 9.59 Å². The number of carbonyl (C=O) groups excluding carboxylic acids is 2. The molecule has 0 bridgehead atoms. The molecule has 2 saturated heterocycles. The van der Waals surface area contributed by atoms with E-state index < -0.39 is 0 Å². The number of piperidine rings is 2. The summed E-state index contributed by atoms with van der Waals surface area (Å²) < 4.78 is 0. The van der Waals surface area contributed by atoms with E-state index in [9.17, 15) is 9.59 Å². The molecule has 0 aromatic rings. The maximum atomic E-state index is 12.4. The lowest BCUT2D eigenvalue weighted by atomic mass is 9.90. The van der Waals surface area contributed by atoms with Crippen LogP contribution in [0.1, 0.15) is 46.5 Å². The first-order chi connectivity index (χ1) is 10.4. The van der Waals surface area contributed by atoms with E-state index in [-0.39, 0.29) is 35.6 Å². The molecule has 0 spiro atoms. The Labute approximate surface area is 146 Å². The van der Waals surface area contributed by atoms with Gasteiger partial charge in [-0.05, 0) is 44.7 Å². The monoisotopic (exact) mass is 345 g/mol. The van der Waals surface area contributed by atoms with Gasteiger partial charge in [-0.15, -0.1) is 12.4 Å². The van der Waals surface area contributed by atoms with Gasteiger partial charge < -0.3 is 15.5 Å². The summed E-state index contributed by atoms with van der Waals surface area (Å²) in [5, 5.41) is 6.48. The topological polar surface area (TPSA) is 61.4 Å². The van der Waals surface area contributed by atoms with Crippen molar-refractivity contribution in [2.75, 3.05) is 32.7 Å². The Morgan fingerprint density at radius 3 is 2.57 bits per heavy atom. The maximum Gasteiger partial charge on any atom is 0.227 e. The first kappa shape index (κ1) is 20.2. The highest BCUT2D eigenvalue weighted by Crippen LogP contribution is 2.23. The number of halogens is 1. The van der Waals surface area contributed by atoms with Crippen molar-refractivity contribution in [1.29, 1.82) is 0 Å². The molecule has 6 heteroatoms. The molecular formula is C17H32ClN3O2. The zero-order valence-electron chi connectivity index (χ0n) is 14.7. The van der Waals surface area contributed by atoms with E-state index in [2.05, 4.69) is 10.6 Å². The second-order valence-corrected chi connectivity index (χ2v) is 7.80. The summed E-state index contributed by atoms with van der Waals surface area (Å²) in [5.41, 5.74) is -0.369. The second-order valence-electron chi connectivity index (χ2n) is 7.80. The fraction of sp³-hybridized carbons (Fsp3) is 0.882. The fourth-order valence-corrected chi connectivity index (χ4v) is 3.34. The number of hydrogen-bond donors (Lipinski definition) is 2. The van der Waals surface area contributed by atoms with Crippen LogP contribution in [0.4, 0.5) is 0 Å². The van der Waals surface area contributed by atoms with Gasteiger partial charge >= 0.3 is 0 Å². The van der Waals surface area contributed by atoms with Gasteiger partial charge in [0.05, 0.1) is 5.92 Å². The molecule has 0 radical (unpaired) electrons. The van der Waals surface area contributed by atoms with Crippen molar-refractivity contribution in [3.05, 3.63) is 0 Å². The lowest BCUT2D eigenvalue weighted by molar-refractivity contribution is -0.142. The van der Waals surface area contributed by atoms with Crippen molar-refractivity contribution in [1.82, 2.24) is 15.5 Å². The molecule has 2 aliphatic heterocycles. The van der Waals surface area contributed by atoms with Crippen LogP contribution in [0.5, 0.6) is 0 Å². The molecule has 2 unspecified atom stereocenters. The molecule has 2 heterocycles. The number of nitrogens with zero attached hydrogens (tertiary/aromatic N) is 1. The van der Waals surface area contributed by atoms with Crippen LogP contribution in [0, 0.1) is 17.3 Å². The predicted molar refractivity (Wildman–Crippen MR) is 94.6 cm³/mol. The Hall–Kier alpha value is -0.810. The Balaban J connectivity index is 0.00000264. The zero-order chi connectivity index (χ0) is 16.2. The molecule has 2 fully saturated rings. The molecule has 2 amide bonds. The Bertz CT molecular complexity index is 403. The second kappa shape index (κ2) is 8.88. The van der Waals surface area contributed by atoms with Crippen molar-refractivity contribution in [3.8, 4) is 0 Å². The van der Waals surface area contributed by atoms with Crippen LogP contribution in [-0.2, 0) is 9.59 Å². The normalized spacial score (nSPS) is 25.4. The number of carbonyl (C=O) groups is 2. The first-order valence-corrected chi connectivity index (χ1v) is 8.65. The summed E-state index contributed by atoms with van der Waals surface area (Å²) in [6.07, 6.45) is 4.19. The highest BCUT2D eigenvalue weighted by molar-refractivity contribution is 5.85. The largest absolute Gasteiger partial charge is 0.355 e. The van der Waals surface area contributed by atoms with Crippen molar-refractivity contribution in [2.24, 2.45) is 17.3 Å². The average molecular weight is 346 g/mol. The van der Waals surface area contributed by atoms with Crippen molar-refractivity contribution in [3.63, 3.8) is 0 Å². The van der Waals surface area contributed by atoms with E-state index in [1.54, 1.807) is 0 Å². The molecule has 0 aliphatic carbocycles. The Kier molecular flexibility index (Phi) is 7.81. The lowest BCUT2D eigenvalue weighted by Gasteiger charge is -2.36. The number of hydrogen-bond acceptors (Lipinski definition) is 3. The molecule has 2 N–H and O–H groups in total. The van der Waals surface area contributed by atoms with E-state index >= 15 is 0 Å². The Morgan fingerprint density at radius 2 is 1.96 bits per heavy atom. The summed E-state index contributed by atoms with van der Waals surface area (Å²) in [6.45, 7) is 10.0.